The molecule has 0 fully saturated rings. The molecule has 3 N–H and O–H groups in total. The molecule has 1 unspecified atom stereocenters. The highest BCUT2D eigenvalue weighted by atomic mass is 19.4. The topological polar surface area (TPSA) is 93.8 Å². The first-order valence-corrected chi connectivity index (χ1v) is 7.92. The van der Waals surface area contributed by atoms with Crippen molar-refractivity contribution < 1.29 is 22.4 Å². The Balaban J connectivity index is 2.04. The molecular weight excluding hydrogens is 378 g/mol. The minimum Gasteiger partial charge on any atom is -0.368 e. The number of nitrogens with two attached hydrogens (primary N) is 1. The number of amides is 1. The number of alkyl halides is 3. The first-order chi connectivity index (χ1) is 13.2. The third-order valence-electron chi connectivity index (χ3n) is 3.74. The van der Waals surface area contributed by atoms with Crippen molar-refractivity contribution in [2.75, 3.05) is 5.32 Å². The molecule has 2 aromatic heterocycles. The van der Waals surface area contributed by atoms with E-state index in [-0.39, 0.29) is 17.2 Å². The molecular formula is C18H13F4N5O. The zero-order valence-corrected chi connectivity index (χ0v) is 14.1. The van der Waals surface area contributed by atoms with E-state index in [2.05, 4.69) is 20.3 Å². The quantitative estimate of drug-likeness (QED) is 0.651. The van der Waals surface area contributed by atoms with Crippen molar-refractivity contribution in [3.05, 3.63) is 71.9 Å². The highest BCUT2D eigenvalue weighted by Crippen LogP contribution is 2.31. The Labute approximate surface area is 156 Å². The van der Waals surface area contributed by atoms with E-state index >= 15 is 0 Å². The molecule has 3 rings (SSSR count). The van der Waals surface area contributed by atoms with Crippen LogP contribution in [0.2, 0.25) is 0 Å². The van der Waals surface area contributed by atoms with E-state index < -0.39 is 29.6 Å². The minimum absolute atomic E-state index is 0.206. The van der Waals surface area contributed by atoms with Gasteiger partial charge in [-0.15, -0.1) is 0 Å². The van der Waals surface area contributed by atoms with Gasteiger partial charge in [-0.05, 0) is 29.8 Å². The zero-order chi connectivity index (χ0) is 20.3. The molecule has 10 heteroatoms. The molecule has 2 heterocycles. The molecule has 1 aromatic carbocycles. The fourth-order valence-corrected chi connectivity index (χ4v) is 2.42. The number of nitrogens with one attached hydrogen (secondary N) is 1. The van der Waals surface area contributed by atoms with Crippen molar-refractivity contribution in [2.24, 2.45) is 5.73 Å². The average Bonchev–Trinajstić information content (AvgIpc) is 2.66. The van der Waals surface area contributed by atoms with E-state index in [0.717, 1.165) is 12.1 Å². The van der Waals surface area contributed by atoms with Crippen LogP contribution in [0.5, 0.6) is 0 Å². The number of nitrogens with zero attached hydrogens (tertiary/aromatic N) is 3. The second-order valence-corrected chi connectivity index (χ2v) is 5.73. The van der Waals surface area contributed by atoms with E-state index in [1.54, 1.807) is 0 Å². The lowest BCUT2D eigenvalue weighted by Crippen LogP contribution is -2.28. The Morgan fingerprint density at radius 3 is 2.25 bits per heavy atom. The highest BCUT2D eigenvalue weighted by molar-refractivity contribution is 5.84. The number of rotatable bonds is 5. The van der Waals surface area contributed by atoms with Gasteiger partial charge in [0.15, 0.2) is 11.5 Å². The maximum Gasteiger partial charge on any atom is 0.433 e. The number of primary amides is 1. The summed E-state index contributed by atoms with van der Waals surface area (Å²) in [4.78, 5) is 23.2. The summed E-state index contributed by atoms with van der Waals surface area (Å²) in [6, 6.07) is 7.16. The van der Waals surface area contributed by atoms with Crippen LogP contribution in [-0.4, -0.2) is 20.9 Å². The maximum absolute atomic E-state index is 13.3. The summed E-state index contributed by atoms with van der Waals surface area (Å²) < 4.78 is 52.9. The van der Waals surface area contributed by atoms with Gasteiger partial charge in [-0.25, -0.2) is 14.4 Å². The van der Waals surface area contributed by atoms with E-state index in [1.165, 1.54) is 36.7 Å². The van der Waals surface area contributed by atoms with Gasteiger partial charge in [-0.1, -0.05) is 12.1 Å². The number of hydrogen-bond acceptors (Lipinski definition) is 5. The van der Waals surface area contributed by atoms with Gasteiger partial charge in [0.2, 0.25) is 5.91 Å². The van der Waals surface area contributed by atoms with Crippen LogP contribution in [0.4, 0.5) is 23.4 Å². The van der Waals surface area contributed by atoms with Crippen LogP contribution in [-0.2, 0) is 11.0 Å². The van der Waals surface area contributed by atoms with Crippen LogP contribution in [0.25, 0.3) is 11.4 Å². The van der Waals surface area contributed by atoms with Gasteiger partial charge in [0, 0.05) is 24.0 Å². The number of carbonyl (C=O) groups excluding carboxylic acids is 1. The molecule has 6 nitrogen and oxygen atoms in total. The van der Waals surface area contributed by atoms with E-state index in [4.69, 9.17) is 5.73 Å². The van der Waals surface area contributed by atoms with Crippen molar-refractivity contribution in [2.45, 2.75) is 12.2 Å². The number of hydrogen-bond donors (Lipinski definition) is 2. The third kappa shape index (κ3) is 4.40. The van der Waals surface area contributed by atoms with Gasteiger partial charge >= 0.3 is 6.18 Å². The Kier molecular flexibility index (Phi) is 5.21. The van der Waals surface area contributed by atoms with Crippen LogP contribution in [0.15, 0.2) is 54.9 Å². The first kappa shape index (κ1) is 19.2. The fraction of sp³-hybridized carbons (Fsp3) is 0.111. The molecule has 28 heavy (non-hydrogen) atoms. The summed E-state index contributed by atoms with van der Waals surface area (Å²) in [5, 5.41) is 2.57. The van der Waals surface area contributed by atoms with Crippen molar-refractivity contribution in [1.29, 1.82) is 0 Å². The Morgan fingerprint density at radius 1 is 1.04 bits per heavy atom. The molecule has 1 atom stereocenters. The van der Waals surface area contributed by atoms with Crippen molar-refractivity contribution >= 4 is 11.7 Å². The van der Waals surface area contributed by atoms with Crippen LogP contribution < -0.4 is 11.1 Å². The number of benzene rings is 1. The SMILES string of the molecule is NC(=O)C(Nc1cc(C(F)(F)F)nc(-c2ccncc2)n1)c1ccc(F)cc1. The normalized spacial score (nSPS) is 12.4. The summed E-state index contributed by atoms with van der Waals surface area (Å²) in [5.74, 6) is -1.87. The molecule has 144 valence electrons. The number of pyridine rings is 1. The summed E-state index contributed by atoms with van der Waals surface area (Å²) >= 11 is 0. The Morgan fingerprint density at radius 2 is 1.68 bits per heavy atom. The molecule has 0 radical (unpaired) electrons. The van der Waals surface area contributed by atoms with E-state index in [9.17, 15) is 22.4 Å². The lowest BCUT2D eigenvalue weighted by Gasteiger charge is -2.18. The van der Waals surface area contributed by atoms with Gasteiger partial charge < -0.3 is 11.1 Å². The smallest absolute Gasteiger partial charge is 0.368 e. The largest absolute Gasteiger partial charge is 0.433 e. The van der Waals surface area contributed by atoms with E-state index in [0.29, 0.717) is 11.6 Å². The van der Waals surface area contributed by atoms with Crippen molar-refractivity contribution in [3.8, 4) is 11.4 Å². The van der Waals surface area contributed by atoms with Gasteiger partial charge in [-0.2, -0.15) is 13.2 Å². The first-order valence-electron chi connectivity index (χ1n) is 7.92. The van der Waals surface area contributed by atoms with Crippen molar-refractivity contribution in [3.63, 3.8) is 0 Å². The molecule has 0 saturated carbocycles. The second kappa shape index (κ2) is 7.59. The van der Waals surface area contributed by atoms with Crippen LogP contribution in [0, 0.1) is 5.82 Å². The predicted octanol–water partition coefficient (Wildman–Crippen LogP) is 3.34. The maximum atomic E-state index is 13.3. The molecule has 3 aromatic rings. The number of anilines is 1. The number of halogens is 4. The monoisotopic (exact) mass is 391 g/mol. The summed E-state index contributed by atoms with van der Waals surface area (Å²) in [6.07, 6.45) is -1.97. The molecule has 0 aliphatic rings. The van der Waals surface area contributed by atoms with Crippen LogP contribution in [0.1, 0.15) is 17.3 Å². The molecule has 1 amide bonds. The zero-order valence-electron chi connectivity index (χ0n) is 14.1. The minimum atomic E-state index is -4.74. The molecule has 0 spiro atoms. The Bertz CT molecular complexity index is 978. The summed E-state index contributed by atoms with van der Waals surface area (Å²) in [7, 11) is 0. The standard InChI is InChI=1S/C18H13F4N5O/c19-12-3-1-10(2-4-12)15(16(23)28)26-14-9-13(18(20,21)22)25-17(27-14)11-5-7-24-8-6-11/h1-9,15H,(H2,23,28)(H,25,26,27). The molecule has 0 aliphatic carbocycles. The van der Waals surface area contributed by atoms with Gasteiger partial charge in [0.05, 0.1) is 0 Å². The highest BCUT2D eigenvalue weighted by Gasteiger charge is 2.34. The van der Waals surface area contributed by atoms with Crippen molar-refractivity contribution in [1.82, 2.24) is 15.0 Å². The second-order valence-electron chi connectivity index (χ2n) is 5.73. The van der Waals surface area contributed by atoms with Crippen LogP contribution in [0.3, 0.4) is 0 Å². The van der Waals surface area contributed by atoms with E-state index in [1.807, 2.05) is 0 Å². The lowest BCUT2D eigenvalue weighted by atomic mass is 10.1. The molecule has 0 bridgehead atoms. The average molecular weight is 391 g/mol. The molecule has 0 aliphatic heterocycles. The molecule has 0 saturated heterocycles. The summed E-state index contributed by atoms with van der Waals surface area (Å²) in [5.41, 5.74) is 4.74. The van der Waals surface area contributed by atoms with Crippen LogP contribution >= 0.6 is 0 Å². The lowest BCUT2D eigenvalue weighted by molar-refractivity contribution is -0.141. The number of carbonyl (C=O) groups is 1. The van der Waals surface area contributed by atoms with Gasteiger partial charge in [-0.3, -0.25) is 9.78 Å². The fourth-order valence-electron chi connectivity index (χ4n) is 2.42. The summed E-state index contributed by atoms with van der Waals surface area (Å²) in [6.45, 7) is 0. The number of aromatic nitrogens is 3. The van der Waals surface area contributed by atoms with Gasteiger partial charge in [0.1, 0.15) is 17.7 Å². The predicted molar refractivity (Wildman–Crippen MR) is 92.2 cm³/mol. The van der Waals surface area contributed by atoms with Gasteiger partial charge in [0.25, 0.3) is 0 Å². The third-order valence-corrected chi connectivity index (χ3v) is 3.74. The Hall–Kier alpha value is -3.56.